The SMILES string of the molecule is CC(Sc1c([O-])on[n+]1C)C(=O)Nc1sc2c(c1C#N)CCCC2. The van der Waals surface area contributed by atoms with Crippen LogP contribution in [0.5, 0.6) is 5.95 Å². The third-order valence-corrected chi connectivity index (χ3v) is 6.32. The van der Waals surface area contributed by atoms with Gasteiger partial charge in [0.2, 0.25) is 5.91 Å². The first-order valence-corrected chi connectivity index (χ1v) is 9.26. The molecule has 126 valence electrons. The van der Waals surface area contributed by atoms with E-state index in [0.29, 0.717) is 10.6 Å². The molecule has 7 nitrogen and oxygen atoms in total. The maximum absolute atomic E-state index is 12.4. The maximum Gasteiger partial charge on any atom is 0.291 e. The first-order valence-electron chi connectivity index (χ1n) is 7.56. The van der Waals surface area contributed by atoms with E-state index in [1.165, 1.54) is 20.9 Å². The van der Waals surface area contributed by atoms with Crippen molar-refractivity contribution < 1.29 is 19.1 Å². The number of thioether (sulfide) groups is 1. The number of amides is 1. The zero-order chi connectivity index (χ0) is 17.3. The number of carbonyl (C=O) groups excluding carboxylic acids is 1. The molecule has 2 aromatic heterocycles. The summed E-state index contributed by atoms with van der Waals surface area (Å²) in [4.78, 5) is 13.6. The number of hydrogen-bond donors (Lipinski definition) is 1. The van der Waals surface area contributed by atoms with E-state index in [0.717, 1.165) is 43.0 Å². The van der Waals surface area contributed by atoms with Crippen molar-refractivity contribution >= 4 is 34.0 Å². The molecule has 1 unspecified atom stereocenters. The lowest BCUT2D eigenvalue weighted by molar-refractivity contribution is -0.772. The summed E-state index contributed by atoms with van der Waals surface area (Å²) in [7, 11) is 1.58. The number of rotatable bonds is 4. The highest BCUT2D eigenvalue weighted by atomic mass is 32.2. The third-order valence-electron chi connectivity index (χ3n) is 3.89. The molecule has 0 saturated heterocycles. The number of hydrogen-bond acceptors (Lipinski definition) is 7. The predicted molar refractivity (Wildman–Crippen MR) is 86.7 cm³/mol. The summed E-state index contributed by atoms with van der Waals surface area (Å²) in [6, 6.07) is 2.22. The van der Waals surface area contributed by atoms with Crippen LogP contribution in [0.2, 0.25) is 0 Å². The molecule has 3 rings (SSSR count). The topological polar surface area (TPSA) is 106 Å². The summed E-state index contributed by atoms with van der Waals surface area (Å²) in [5, 5.41) is 27.7. The summed E-state index contributed by atoms with van der Waals surface area (Å²) in [5.74, 6) is -0.817. The summed E-state index contributed by atoms with van der Waals surface area (Å²) in [6.45, 7) is 1.70. The van der Waals surface area contributed by atoms with Crippen LogP contribution in [-0.4, -0.2) is 16.4 Å². The monoisotopic (exact) mass is 364 g/mol. The highest BCUT2D eigenvalue weighted by Gasteiger charge is 2.26. The summed E-state index contributed by atoms with van der Waals surface area (Å²) < 4.78 is 5.86. The van der Waals surface area contributed by atoms with Crippen LogP contribution in [0.15, 0.2) is 9.55 Å². The van der Waals surface area contributed by atoms with E-state index >= 15 is 0 Å². The van der Waals surface area contributed by atoms with E-state index < -0.39 is 11.2 Å². The molecule has 1 atom stereocenters. The van der Waals surface area contributed by atoms with E-state index in [1.807, 2.05) is 0 Å². The molecular weight excluding hydrogens is 348 g/mol. The number of carbonyl (C=O) groups is 1. The molecule has 1 amide bonds. The lowest BCUT2D eigenvalue weighted by atomic mass is 9.96. The van der Waals surface area contributed by atoms with Gasteiger partial charge in [-0.1, -0.05) is 4.68 Å². The number of nitrogens with one attached hydrogen (secondary N) is 1. The fraction of sp³-hybridized carbons (Fsp3) is 0.467. The van der Waals surface area contributed by atoms with Gasteiger partial charge >= 0.3 is 0 Å². The van der Waals surface area contributed by atoms with E-state index in [1.54, 1.807) is 14.0 Å². The third kappa shape index (κ3) is 3.12. The molecular formula is C15H16N4O3S2. The molecule has 2 heterocycles. The number of fused-ring (bicyclic) bond motifs is 1. The Balaban J connectivity index is 1.75. The smallest absolute Gasteiger partial charge is 0.291 e. The second-order valence-electron chi connectivity index (χ2n) is 5.57. The highest BCUT2D eigenvalue weighted by molar-refractivity contribution is 8.00. The van der Waals surface area contributed by atoms with Crippen LogP contribution in [0.1, 0.15) is 35.8 Å². The van der Waals surface area contributed by atoms with Gasteiger partial charge in [-0.2, -0.15) is 5.26 Å². The highest BCUT2D eigenvalue weighted by Crippen LogP contribution is 2.38. The van der Waals surface area contributed by atoms with E-state index in [9.17, 15) is 15.2 Å². The fourth-order valence-electron chi connectivity index (χ4n) is 2.64. The molecule has 0 aliphatic heterocycles. The molecule has 0 saturated carbocycles. The fourth-order valence-corrected chi connectivity index (χ4v) is 4.70. The Bertz CT molecular complexity index is 802. The Morgan fingerprint density at radius 3 is 2.96 bits per heavy atom. The number of nitrogens with zero attached hydrogens (tertiary/aromatic N) is 3. The molecule has 0 radical (unpaired) electrons. The van der Waals surface area contributed by atoms with Crippen LogP contribution < -0.4 is 15.1 Å². The van der Waals surface area contributed by atoms with Crippen LogP contribution >= 0.6 is 23.1 Å². The molecule has 0 aromatic carbocycles. The minimum absolute atomic E-state index is 0.254. The zero-order valence-corrected chi connectivity index (χ0v) is 14.9. The van der Waals surface area contributed by atoms with E-state index in [4.69, 9.17) is 0 Å². The molecule has 1 N–H and O–H groups in total. The number of anilines is 1. The minimum Gasteiger partial charge on any atom is -0.538 e. The standard InChI is InChI=1S/C15H16N4O3S2/c1-8(23-14-15(21)22-18-19(14)2)12(20)17-13-10(7-16)9-5-3-4-6-11(9)24-13/h8H,3-6H2,1-2H3,(H-,17,18,20,21). The molecule has 0 bridgehead atoms. The van der Waals surface area contributed by atoms with Crippen molar-refractivity contribution in [2.45, 2.75) is 42.9 Å². The van der Waals surface area contributed by atoms with Gasteiger partial charge in [-0.25, -0.2) is 0 Å². The molecule has 9 heteroatoms. The number of thiophene rings is 1. The van der Waals surface area contributed by atoms with Crippen molar-refractivity contribution in [1.29, 1.82) is 5.26 Å². The lowest BCUT2D eigenvalue weighted by Crippen LogP contribution is -2.33. The normalized spacial score (nSPS) is 14.7. The van der Waals surface area contributed by atoms with Gasteiger partial charge in [0.25, 0.3) is 5.03 Å². The second kappa shape index (κ2) is 6.83. The lowest BCUT2D eigenvalue weighted by Gasteiger charge is -2.10. The van der Waals surface area contributed by atoms with Crippen LogP contribution in [0.3, 0.4) is 0 Å². The van der Waals surface area contributed by atoms with Gasteiger partial charge in [-0.05, 0) is 49.9 Å². The van der Waals surface area contributed by atoms with Crippen LogP contribution in [0.4, 0.5) is 5.00 Å². The zero-order valence-electron chi connectivity index (χ0n) is 13.3. The first kappa shape index (κ1) is 16.8. The van der Waals surface area contributed by atoms with Crippen LogP contribution in [0, 0.1) is 11.3 Å². The molecule has 2 aromatic rings. The molecule has 0 fully saturated rings. The molecule has 1 aliphatic carbocycles. The first-order chi connectivity index (χ1) is 11.5. The van der Waals surface area contributed by atoms with Gasteiger partial charge in [-0.15, -0.1) is 11.3 Å². The van der Waals surface area contributed by atoms with Crippen molar-refractivity contribution in [3.05, 3.63) is 16.0 Å². The van der Waals surface area contributed by atoms with E-state index in [-0.39, 0.29) is 10.9 Å². The van der Waals surface area contributed by atoms with Crippen LogP contribution in [-0.2, 0) is 24.7 Å². The van der Waals surface area contributed by atoms with Gasteiger partial charge in [0.15, 0.2) is 13.0 Å². The maximum atomic E-state index is 12.4. The van der Waals surface area contributed by atoms with Gasteiger partial charge in [0.05, 0.1) is 16.1 Å². The van der Waals surface area contributed by atoms with E-state index in [2.05, 4.69) is 21.2 Å². The Kier molecular flexibility index (Phi) is 4.78. The van der Waals surface area contributed by atoms with Crippen LogP contribution in [0.25, 0.3) is 0 Å². The second-order valence-corrected chi connectivity index (χ2v) is 8.00. The Labute approximate surface area is 147 Å². The van der Waals surface area contributed by atoms with Gasteiger partial charge < -0.3 is 14.9 Å². The van der Waals surface area contributed by atoms with Crippen molar-refractivity contribution in [3.8, 4) is 12.0 Å². The van der Waals surface area contributed by atoms with Crippen molar-refractivity contribution in [1.82, 2.24) is 5.27 Å². The Morgan fingerprint density at radius 1 is 1.54 bits per heavy atom. The predicted octanol–water partition coefficient (Wildman–Crippen LogP) is 1.50. The van der Waals surface area contributed by atoms with Gasteiger partial charge in [-0.3, -0.25) is 4.79 Å². The van der Waals surface area contributed by atoms with Crippen molar-refractivity contribution in [3.63, 3.8) is 0 Å². The summed E-state index contributed by atoms with van der Waals surface area (Å²) >= 11 is 2.57. The molecule has 0 spiro atoms. The number of aromatic nitrogens is 2. The average Bonchev–Trinajstić information content (AvgIpc) is 3.08. The van der Waals surface area contributed by atoms with Gasteiger partial charge in [0.1, 0.15) is 11.1 Å². The Hall–Kier alpha value is -2.05. The van der Waals surface area contributed by atoms with Crippen molar-refractivity contribution in [2.24, 2.45) is 7.05 Å². The largest absolute Gasteiger partial charge is 0.538 e. The quantitative estimate of drug-likeness (QED) is 0.651. The Morgan fingerprint density at radius 2 is 2.29 bits per heavy atom. The minimum atomic E-state index is -0.563. The number of aryl methyl sites for hydroxylation is 2. The molecule has 1 aliphatic rings. The number of nitriles is 1. The molecule has 24 heavy (non-hydrogen) atoms. The summed E-state index contributed by atoms with van der Waals surface area (Å²) in [5.41, 5.74) is 1.66. The van der Waals surface area contributed by atoms with Crippen molar-refractivity contribution in [2.75, 3.05) is 5.32 Å². The summed E-state index contributed by atoms with van der Waals surface area (Å²) in [6.07, 6.45) is 4.05. The average molecular weight is 364 g/mol. The van der Waals surface area contributed by atoms with Gasteiger partial charge in [0, 0.05) is 4.88 Å².